The number of alkyl halides is 1. The van der Waals surface area contributed by atoms with Crippen LogP contribution in [0.5, 0.6) is 0 Å². The molecule has 1 aliphatic carbocycles. The highest BCUT2D eigenvalue weighted by molar-refractivity contribution is 7.90. The lowest BCUT2D eigenvalue weighted by Crippen LogP contribution is -2.19. The zero-order valence-corrected chi connectivity index (χ0v) is 12.0. The topological polar surface area (TPSA) is 46.2 Å². The summed E-state index contributed by atoms with van der Waals surface area (Å²) >= 11 is 6.22. The van der Waals surface area contributed by atoms with Crippen LogP contribution < -0.4 is 5.32 Å². The van der Waals surface area contributed by atoms with Gasteiger partial charge in [-0.3, -0.25) is 0 Å². The van der Waals surface area contributed by atoms with Gasteiger partial charge in [0, 0.05) is 18.2 Å². The molecule has 2 atom stereocenters. The van der Waals surface area contributed by atoms with Crippen LogP contribution in [-0.2, 0) is 9.84 Å². The second kappa shape index (κ2) is 5.49. The van der Waals surface area contributed by atoms with Crippen LogP contribution in [0.25, 0.3) is 0 Å². The van der Waals surface area contributed by atoms with Crippen molar-refractivity contribution < 1.29 is 8.42 Å². The van der Waals surface area contributed by atoms with Crippen molar-refractivity contribution in [1.82, 2.24) is 0 Å². The summed E-state index contributed by atoms with van der Waals surface area (Å²) in [6, 6.07) is 7.00. The summed E-state index contributed by atoms with van der Waals surface area (Å²) in [4.78, 5) is 0.356. The molecule has 0 spiro atoms. The highest BCUT2D eigenvalue weighted by Crippen LogP contribution is 2.31. The first-order chi connectivity index (χ1) is 8.48. The van der Waals surface area contributed by atoms with Crippen LogP contribution in [0.3, 0.4) is 0 Å². The van der Waals surface area contributed by atoms with Gasteiger partial charge in [-0.25, -0.2) is 8.42 Å². The van der Waals surface area contributed by atoms with E-state index in [1.54, 1.807) is 18.2 Å². The maximum Gasteiger partial charge on any atom is 0.177 e. The molecule has 0 bridgehead atoms. The normalized spacial score (nSPS) is 24.1. The van der Waals surface area contributed by atoms with Gasteiger partial charge in [-0.15, -0.1) is 11.6 Å². The molecule has 2 unspecified atom stereocenters. The molecule has 5 heteroatoms. The highest BCUT2D eigenvalue weighted by Gasteiger charge is 2.25. The monoisotopic (exact) mass is 287 g/mol. The first-order valence-corrected chi connectivity index (χ1v) is 8.48. The minimum absolute atomic E-state index is 0.211. The third-order valence-corrected chi connectivity index (χ3v) is 5.14. The Morgan fingerprint density at radius 2 is 2.06 bits per heavy atom. The fourth-order valence-electron chi connectivity index (χ4n) is 2.40. The number of para-hydroxylation sites is 1. The Bertz CT molecular complexity index is 515. The molecule has 0 amide bonds. The molecular formula is C13H18ClNO2S. The van der Waals surface area contributed by atoms with Gasteiger partial charge in [-0.1, -0.05) is 18.6 Å². The van der Waals surface area contributed by atoms with Crippen molar-refractivity contribution in [1.29, 1.82) is 0 Å². The Hall–Kier alpha value is -0.740. The zero-order valence-electron chi connectivity index (χ0n) is 10.4. The predicted molar refractivity (Wildman–Crippen MR) is 75.0 cm³/mol. The third kappa shape index (κ3) is 3.18. The van der Waals surface area contributed by atoms with E-state index in [1.807, 2.05) is 6.07 Å². The van der Waals surface area contributed by atoms with Crippen LogP contribution in [0.1, 0.15) is 19.3 Å². The number of hydrogen-bond acceptors (Lipinski definition) is 3. The number of sulfone groups is 1. The maximum atomic E-state index is 11.6. The fraction of sp³-hybridized carbons (Fsp3) is 0.538. The average molecular weight is 288 g/mol. The Morgan fingerprint density at radius 3 is 2.67 bits per heavy atom. The van der Waals surface area contributed by atoms with E-state index in [9.17, 15) is 8.42 Å². The van der Waals surface area contributed by atoms with E-state index in [2.05, 4.69) is 5.32 Å². The van der Waals surface area contributed by atoms with Gasteiger partial charge >= 0.3 is 0 Å². The molecule has 0 radical (unpaired) electrons. The van der Waals surface area contributed by atoms with Crippen LogP contribution >= 0.6 is 11.6 Å². The molecule has 100 valence electrons. The summed E-state index contributed by atoms with van der Waals surface area (Å²) < 4.78 is 23.3. The molecule has 1 fully saturated rings. The second-order valence-corrected chi connectivity index (χ2v) is 7.40. The molecule has 1 saturated carbocycles. The Labute approximate surface area is 113 Å². The predicted octanol–water partition coefficient (Wildman–Crippen LogP) is 2.91. The fourth-order valence-corrected chi connectivity index (χ4v) is 3.63. The molecule has 3 nitrogen and oxygen atoms in total. The molecule has 0 heterocycles. The number of rotatable bonds is 4. The number of halogens is 1. The lowest BCUT2D eigenvalue weighted by Gasteiger charge is -2.17. The van der Waals surface area contributed by atoms with Gasteiger partial charge in [0.05, 0.1) is 10.6 Å². The Morgan fingerprint density at radius 1 is 1.33 bits per heavy atom. The van der Waals surface area contributed by atoms with E-state index in [4.69, 9.17) is 11.6 Å². The minimum atomic E-state index is -3.19. The Kier molecular flexibility index (Phi) is 4.17. The van der Waals surface area contributed by atoms with E-state index in [1.165, 1.54) is 6.26 Å². The van der Waals surface area contributed by atoms with Crippen LogP contribution in [0.2, 0.25) is 0 Å². The number of anilines is 1. The van der Waals surface area contributed by atoms with Crippen molar-refractivity contribution in [2.24, 2.45) is 5.92 Å². The van der Waals surface area contributed by atoms with Crippen molar-refractivity contribution in [3.63, 3.8) is 0 Å². The van der Waals surface area contributed by atoms with Crippen LogP contribution in [0.15, 0.2) is 29.2 Å². The van der Waals surface area contributed by atoms with E-state index in [0.717, 1.165) is 25.8 Å². The first-order valence-electron chi connectivity index (χ1n) is 6.15. The maximum absolute atomic E-state index is 11.6. The SMILES string of the molecule is CS(=O)(=O)c1ccccc1NCC1CCCC1Cl. The molecule has 1 aromatic carbocycles. The zero-order chi connectivity index (χ0) is 13.2. The van der Waals surface area contributed by atoms with Crippen molar-refractivity contribution in [2.75, 3.05) is 18.1 Å². The van der Waals surface area contributed by atoms with Gasteiger partial charge in [0.2, 0.25) is 0 Å². The molecule has 0 aliphatic heterocycles. The molecule has 0 aromatic heterocycles. The van der Waals surface area contributed by atoms with E-state index >= 15 is 0 Å². The number of hydrogen-bond donors (Lipinski definition) is 1. The number of nitrogens with one attached hydrogen (secondary N) is 1. The molecule has 18 heavy (non-hydrogen) atoms. The lowest BCUT2D eigenvalue weighted by molar-refractivity contribution is 0.584. The smallest absolute Gasteiger partial charge is 0.177 e. The third-order valence-electron chi connectivity index (χ3n) is 3.41. The minimum Gasteiger partial charge on any atom is -0.384 e. The molecular weight excluding hydrogens is 270 g/mol. The molecule has 2 rings (SSSR count). The van der Waals surface area contributed by atoms with Gasteiger partial charge in [0.15, 0.2) is 9.84 Å². The molecule has 0 saturated heterocycles. The quantitative estimate of drug-likeness (QED) is 0.866. The van der Waals surface area contributed by atoms with Crippen molar-refractivity contribution >= 4 is 27.1 Å². The van der Waals surface area contributed by atoms with Crippen molar-refractivity contribution in [2.45, 2.75) is 29.5 Å². The van der Waals surface area contributed by atoms with Gasteiger partial charge in [0.1, 0.15) is 0 Å². The molecule has 1 aromatic rings. The summed E-state index contributed by atoms with van der Waals surface area (Å²) in [5.74, 6) is 0.430. The van der Waals surface area contributed by atoms with Crippen LogP contribution in [0.4, 0.5) is 5.69 Å². The van der Waals surface area contributed by atoms with Gasteiger partial charge < -0.3 is 5.32 Å². The van der Waals surface area contributed by atoms with Crippen molar-refractivity contribution in [3.05, 3.63) is 24.3 Å². The van der Waals surface area contributed by atoms with Gasteiger partial charge in [-0.05, 0) is 30.9 Å². The van der Waals surface area contributed by atoms with E-state index < -0.39 is 9.84 Å². The Balaban J connectivity index is 2.10. The van der Waals surface area contributed by atoms with E-state index in [0.29, 0.717) is 16.5 Å². The largest absolute Gasteiger partial charge is 0.384 e. The van der Waals surface area contributed by atoms with E-state index in [-0.39, 0.29) is 5.38 Å². The molecule has 1 aliphatic rings. The molecule has 1 N–H and O–H groups in total. The average Bonchev–Trinajstić information content (AvgIpc) is 2.71. The first kappa shape index (κ1) is 13.7. The second-order valence-electron chi connectivity index (χ2n) is 4.86. The summed E-state index contributed by atoms with van der Waals surface area (Å²) in [7, 11) is -3.19. The standard InChI is InChI=1S/C13H18ClNO2S/c1-18(16,17)13-8-3-2-7-12(13)15-9-10-5-4-6-11(10)14/h2-3,7-8,10-11,15H,4-6,9H2,1H3. The van der Waals surface area contributed by atoms with Crippen molar-refractivity contribution in [3.8, 4) is 0 Å². The van der Waals surface area contributed by atoms with Gasteiger partial charge in [0.25, 0.3) is 0 Å². The number of benzene rings is 1. The highest BCUT2D eigenvalue weighted by atomic mass is 35.5. The summed E-state index contributed by atoms with van der Waals surface area (Å²) in [6.45, 7) is 0.737. The summed E-state index contributed by atoms with van der Waals surface area (Å²) in [5.41, 5.74) is 0.677. The van der Waals surface area contributed by atoms with Crippen LogP contribution in [0, 0.1) is 5.92 Å². The van der Waals surface area contributed by atoms with Gasteiger partial charge in [-0.2, -0.15) is 0 Å². The van der Waals surface area contributed by atoms with Crippen LogP contribution in [-0.4, -0.2) is 26.6 Å². The lowest BCUT2D eigenvalue weighted by atomic mass is 10.1. The summed E-state index contributed by atoms with van der Waals surface area (Å²) in [5, 5.41) is 3.44. The summed E-state index contributed by atoms with van der Waals surface area (Å²) in [6.07, 6.45) is 4.56.